The molecule has 3 aliphatic rings. The van der Waals surface area contributed by atoms with Gasteiger partial charge < -0.3 is 19.9 Å². The van der Waals surface area contributed by atoms with E-state index in [0.717, 1.165) is 17.7 Å². The lowest BCUT2D eigenvalue weighted by molar-refractivity contribution is -0.139. The standard InChI is InChI=1S/C22H23ClN4O3/c23-17-2-1-8-24-21(17)15-5-3-14(4-6-15)16-10-27(11-16)22(29)26-9-7-19-18(12-26)25-20(28)13-30-19/h1-6,8,16,18-19H,7,9-13H2,(H,25,28)/t18-,19+/m1/s1. The maximum Gasteiger partial charge on any atom is 0.320 e. The Morgan fingerprint density at radius 1 is 1.13 bits per heavy atom. The smallest absolute Gasteiger partial charge is 0.320 e. The fraction of sp³-hybridized carbons (Fsp3) is 0.409. The third-order valence-corrected chi connectivity index (χ3v) is 6.47. The summed E-state index contributed by atoms with van der Waals surface area (Å²) < 4.78 is 5.57. The Morgan fingerprint density at radius 2 is 1.93 bits per heavy atom. The average Bonchev–Trinajstić information content (AvgIpc) is 2.73. The predicted octanol–water partition coefficient (Wildman–Crippen LogP) is 2.51. The molecule has 4 heterocycles. The minimum Gasteiger partial charge on any atom is -0.366 e. The number of carbonyl (C=O) groups is 2. The van der Waals surface area contributed by atoms with Crippen molar-refractivity contribution in [3.63, 3.8) is 0 Å². The second-order valence-electron chi connectivity index (χ2n) is 8.10. The number of nitrogens with zero attached hydrogens (tertiary/aromatic N) is 3. The van der Waals surface area contributed by atoms with Gasteiger partial charge in [0.15, 0.2) is 0 Å². The summed E-state index contributed by atoms with van der Waals surface area (Å²) in [6, 6.07) is 11.8. The van der Waals surface area contributed by atoms with E-state index in [0.29, 0.717) is 37.1 Å². The molecule has 1 aromatic heterocycles. The van der Waals surface area contributed by atoms with E-state index in [1.54, 1.807) is 6.20 Å². The van der Waals surface area contributed by atoms with Crippen LogP contribution < -0.4 is 5.32 Å². The van der Waals surface area contributed by atoms with Crippen LogP contribution in [0.1, 0.15) is 17.9 Å². The highest BCUT2D eigenvalue weighted by molar-refractivity contribution is 6.33. The number of aromatic nitrogens is 1. The summed E-state index contributed by atoms with van der Waals surface area (Å²) in [6.07, 6.45) is 2.51. The van der Waals surface area contributed by atoms with E-state index in [1.807, 2.05) is 34.1 Å². The van der Waals surface area contributed by atoms with Crippen LogP contribution in [0.2, 0.25) is 5.02 Å². The van der Waals surface area contributed by atoms with Gasteiger partial charge in [-0.1, -0.05) is 35.9 Å². The summed E-state index contributed by atoms with van der Waals surface area (Å²) in [5, 5.41) is 3.58. The number of urea groups is 1. The van der Waals surface area contributed by atoms with Gasteiger partial charge in [0.25, 0.3) is 0 Å². The molecule has 30 heavy (non-hydrogen) atoms. The van der Waals surface area contributed by atoms with E-state index in [2.05, 4.69) is 22.4 Å². The zero-order valence-electron chi connectivity index (χ0n) is 16.5. The summed E-state index contributed by atoms with van der Waals surface area (Å²) in [5.74, 6) is 0.225. The number of nitrogens with one attached hydrogen (secondary N) is 1. The third-order valence-electron chi connectivity index (χ3n) is 6.16. The van der Waals surface area contributed by atoms with Crippen LogP contribution in [0.15, 0.2) is 42.6 Å². The lowest BCUT2D eigenvalue weighted by Crippen LogP contribution is -2.63. The number of carbonyl (C=O) groups excluding carboxylic acids is 2. The molecular formula is C22H23ClN4O3. The number of likely N-dealkylation sites (tertiary alicyclic amines) is 2. The van der Waals surface area contributed by atoms with E-state index in [9.17, 15) is 9.59 Å². The Balaban J connectivity index is 1.18. The van der Waals surface area contributed by atoms with Crippen molar-refractivity contribution in [2.75, 3.05) is 32.8 Å². The van der Waals surface area contributed by atoms with Gasteiger partial charge in [-0.15, -0.1) is 0 Å². The number of morpholine rings is 1. The second kappa shape index (κ2) is 7.89. The molecule has 0 bridgehead atoms. The van der Waals surface area contributed by atoms with E-state index >= 15 is 0 Å². The lowest BCUT2D eigenvalue weighted by atomic mass is 9.90. The largest absolute Gasteiger partial charge is 0.366 e. The zero-order valence-corrected chi connectivity index (χ0v) is 17.2. The third kappa shape index (κ3) is 3.63. The van der Waals surface area contributed by atoms with Crippen molar-refractivity contribution in [3.8, 4) is 11.3 Å². The molecule has 2 atom stereocenters. The van der Waals surface area contributed by atoms with E-state index < -0.39 is 0 Å². The van der Waals surface area contributed by atoms with Crippen LogP contribution >= 0.6 is 11.6 Å². The first kappa shape index (κ1) is 19.3. The number of rotatable bonds is 2. The van der Waals surface area contributed by atoms with Gasteiger partial charge in [0.1, 0.15) is 6.61 Å². The van der Waals surface area contributed by atoms with Crippen molar-refractivity contribution >= 4 is 23.5 Å². The van der Waals surface area contributed by atoms with Crippen molar-refractivity contribution in [3.05, 3.63) is 53.2 Å². The van der Waals surface area contributed by atoms with Gasteiger partial charge in [0.05, 0.1) is 22.9 Å². The fourth-order valence-corrected chi connectivity index (χ4v) is 4.66. The Labute approximate surface area is 180 Å². The van der Waals surface area contributed by atoms with Crippen LogP contribution in [-0.4, -0.2) is 71.7 Å². The monoisotopic (exact) mass is 426 g/mol. The first-order valence-electron chi connectivity index (χ1n) is 10.2. The molecule has 3 amide bonds. The molecule has 156 valence electrons. The zero-order chi connectivity index (χ0) is 20.7. The number of fused-ring (bicyclic) bond motifs is 1. The van der Waals surface area contributed by atoms with Gasteiger partial charge in [-0.05, 0) is 24.1 Å². The summed E-state index contributed by atoms with van der Waals surface area (Å²) in [7, 11) is 0. The molecule has 7 nitrogen and oxygen atoms in total. The topological polar surface area (TPSA) is 74.8 Å². The van der Waals surface area contributed by atoms with Crippen LogP contribution in [-0.2, 0) is 9.53 Å². The molecule has 1 N–H and O–H groups in total. The molecule has 2 aromatic rings. The number of pyridine rings is 1. The summed E-state index contributed by atoms with van der Waals surface area (Å²) in [5.41, 5.74) is 2.97. The maximum absolute atomic E-state index is 12.9. The Morgan fingerprint density at radius 3 is 2.70 bits per heavy atom. The highest BCUT2D eigenvalue weighted by atomic mass is 35.5. The molecular weight excluding hydrogens is 404 g/mol. The second-order valence-corrected chi connectivity index (χ2v) is 8.51. The van der Waals surface area contributed by atoms with E-state index in [1.165, 1.54) is 5.56 Å². The quantitative estimate of drug-likeness (QED) is 0.800. The molecule has 3 saturated heterocycles. The summed E-state index contributed by atoms with van der Waals surface area (Å²) >= 11 is 6.24. The highest BCUT2D eigenvalue weighted by Crippen LogP contribution is 2.31. The molecule has 0 saturated carbocycles. The van der Waals surface area contributed by atoms with Gasteiger partial charge in [-0.3, -0.25) is 9.78 Å². The predicted molar refractivity (Wildman–Crippen MR) is 112 cm³/mol. The Bertz CT molecular complexity index is 961. The molecule has 3 aliphatic heterocycles. The lowest BCUT2D eigenvalue weighted by Gasteiger charge is -2.46. The molecule has 0 unspecified atom stereocenters. The molecule has 8 heteroatoms. The average molecular weight is 427 g/mol. The SMILES string of the molecule is O=C1CO[C@H]2CCN(C(=O)N3CC(c4ccc(-c5ncccc5Cl)cc4)C3)C[C@H]2N1. The number of hydrogen-bond donors (Lipinski definition) is 1. The van der Waals surface area contributed by atoms with E-state index in [-0.39, 0.29) is 30.7 Å². The highest BCUT2D eigenvalue weighted by Gasteiger charge is 2.40. The van der Waals surface area contributed by atoms with Crippen LogP contribution in [0.4, 0.5) is 4.79 Å². The van der Waals surface area contributed by atoms with Crippen LogP contribution in [0.5, 0.6) is 0 Å². The number of halogens is 1. The first-order chi connectivity index (χ1) is 14.6. The number of benzene rings is 1. The van der Waals surface area contributed by atoms with Gasteiger partial charge in [0.2, 0.25) is 5.91 Å². The number of amides is 3. The fourth-order valence-electron chi connectivity index (χ4n) is 4.43. The molecule has 0 spiro atoms. The Hall–Kier alpha value is -2.64. The first-order valence-corrected chi connectivity index (χ1v) is 10.6. The van der Waals surface area contributed by atoms with Crippen LogP contribution in [0, 0.1) is 0 Å². The van der Waals surface area contributed by atoms with Crippen LogP contribution in [0.3, 0.4) is 0 Å². The normalized spacial score (nSPS) is 24.1. The number of piperidine rings is 1. The Kier molecular flexibility index (Phi) is 5.08. The van der Waals surface area contributed by atoms with Crippen molar-refractivity contribution in [1.29, 1.82) is 0 Å². The van der Waals surface area contributed by atoms with Crippen molar-refractivity contribution in [2.45, 2.75) is 24.5 Å². The molecule has 3 fully saturated rings. The van der Waals surface area contributed by atoms with E-state index in [4.69, 9.17) is 16.3 Å². The van der Waals surface area contributed by atoms with Crippen molar-refractivity contribution < 1.29 is 14.3 Å². The maximum atomic E-state index is 12.9. The molecule has 1 aromatic carbocycles. The van der Waals surface area contributed by atoms with Gasteiger partial charge in [-0.2, -0.15) is 0 Å². The van der Waals surface area contributed by atoms with Gasteiger partial charge in [-0.25, -0.2) is 4.79 Å². The van der Waals surface area contributed by atoms with Gasteiger partial charge in [0, 0.05) is 43.9 Å². The van der Waals surface area contributed by atoms with Crippen molar-refractivity contribution in [1.82, 2.24) is 20.1 Å². The molecule has 0 radical (unpaired) electrons. The minimum atomic E-state index is -0.106. The van der Waals surface area contributed by atoms with Crippen molar-refractivity contribution in [2.24, 2.45) is 0 Å². The molecule has 0 aliphatic carbocycles. The molecule has 5 rings (SSSR count). The van der Waals surface area contributed by atoms with Gasteiger partial charge >= 0.3 is 6.03 Å². The van der Waals surface area contributed by atoms with Crippen LogP contribution in [0.25, 0.3) is 11.3 Å². The summed E-state index contributed by atoms with van der Waals surface area (Å²) in [6.45, 7) is 2.70. The number of ether oxygens (including phenoxy) is 1. The number of hydrogen-bond acceptors (Lipinski definition) is 4. The minimum absolute atomic E-state index is 0.0158. The summed E-state index contributed by atoms with van der Waals surface area (Å²) in [4.78, 5) is 32.5.